The number of para-hydroxylation sites is 2. The van der Waals surface area contributed by atoms with Gasteiger partial charge in [0.05, 0.1) is 18.4 Å². The van der Waals surface area contributed by atoms with Crippen molar-refractivity contribution in [3.8, 4) is 5.75 Å². The number of hydrogen-bond donors (Lipinski definition) is 0. The van der Waals surface area contributed by atoms with Crippen molar-refractivity contribution < 1.29 is 14.3 Å². The second kappa shape index (κ2) is 8.48. The van der Waals surface area contributed by atoms with Crippen LogP contribution in [0, 0.1) is 6.92 Å². The van der Waals surface area contributed by atoms with Crippen molar-refractivity contribution in [1.29, 1.82) is 0 Å². The molecular formula is C26H24N2O3. The summed E-state index contributed by atoms with van der Waals surface area (Å²) >= 11 is 0. The number of benzene rings is 3. The monoisotopic (exact) mass is 412 g/mol. The van der Waals surface area contributed by atoms with E-state index in [1.54, 1.807) is 25.3 Å². The van der Waals surface area contributed by atoms with Gasteiger partial charge in [-0.15, -0.1) is 0 Å². The zero-order chi connectivity index (χ0) is 22.0. The van der Waals surface area contributed by atoms with Crippen LogP contribution < -0.4 is 14.5 Å². The van der Waals surface area contributed by atoms with Crippen molar-refractivity contribution in [1.82, 2.24) is 0 Å². The van der Waals surface area contributed by atoms with E-state index in [1.807, 2.05) is 79.4 Å². The fraction of sp³-hybridized carbons (Fsp3) is 0.154. The number of imide groups is 1. The van der Waals surface area contributed by atoms with Crippen molar-refractivity contribution in [3.63, 3.8) is 0 Å². The molecule has 3 aromatic carbocycles. The van der Waals surface area contributed by atoms with E-state index in [4.69, 9.17) is 4.74 Å². The number of hydrogen-bond acceptors (Lipinski definition) is 4. The van der Waals surface area contributed by atoms with E-state index >= 15 is 0 Å². The lowest BCUT2D eigenvalue weighted by Gasteiger charge is -2.25. The second-order valence-electron chi connectivity index (χ2n) is 7.26. The molecule has 0 radical (unpaired) electrons. The molecule has 0 N–H and O–H groups in total. The minimum Gasteiger partial charge on any atom is -0.497 e. The van der Waals surface area contributed by atoms with Crippen LogP contribution in [0.3, 0.4) is 0 Å². The van der Waals surface area contributed by atoms with Gasteiger partial charge in [0.2, 0.25) is 0 Å². The van der Waals surface area contributed by atoms with E-state index in [9.17, 15) is 9.59 Å². The smallest absolute Gasteiger partial charge is 0.282 e. The van der Waals surface area contributed by atoms with Crippen LogP contribution in [-0.4, -0.2) is 25.5 Å². The number of amides is 2. The average molecular weight is 412 g/mol. The first-order chi connectivity index (χ1) is 15.1. The number of rotatable bonds is 6. The topological polar surface area (TPSA) is 49.9 Å². The normalized spacial score (nSPS) is 13.7. The Morgan fingerprint density at radius 3 is 2.10 bits per heavy atom. The van der Waals surface area contributed by atoms with E-state index in [0.717, 1.165) is 11.3 Å². The molecule has 0 spiro atoms. The highest BCUT2D eigenvalue weighted by Crippen LogP contribution is 2.37. The van der Waals surface area contributed by atoms with Crippen LogP contribution in [0.5, 0.6) is 5.75 Å². The fourth-order valence-corrected chi connectivity index (χ4v) is 3.90. The van der Waals surface area contributed by atoms with Gasteiger partial charge in [-0.1, -0.05) is 48.5 Å². The van der Waals surface area contributed by atoms with Crippen LogP contribution in [0.1, 0.15) is 18.1 Å². The summed E-state index contributed by atoms with van der Waals surface area (Å²) in [6.07, 6.45) is 0. The third-order valence-electron chi connectivity index (χ3n) is 5.45. The quantitative estimate of drug-likeness (QED) is 0.545. The molecule has 1 heterocycles. The maximum Gasteiger partial charge on any atom is 0.282 e. The molecule has 0 saturated carbocycles. The van der Waals surface area contributed by atoms with Gasteiger partial charge in [0.15, 0.2) is 0 Å². The molecule has 0 bridgehead atoms. The highest BCUT2D eigenvalue weighted by Gasteiger charge is 2.43. The minimum absolute atomic E-state index is 0.323. The number of aryl methyl sites for hydroxylation is 1. The SMILES string of the molecule is CCN(C1=C(c2ccc(OC)cc2)C(=O)N(c2ccccc2C)C1=O)c1ccccc1. The molecule has 0 aromatic heterocycles. The van der Waals surface area contributed by atoms with Crippen LogP contribution in [0.25, 0.3) is 5.57 Å². The third-order valence-corrected chi connectivity index (χ3v) is 5.45. The summed E-state index contributed by atoms with van der Waals surface area (Å²) in [4.78, 5) is 30.6. The summed E-state index contributed by atoms with van der Waals surface area (Å²) in [5.41, 5.74) is 3.78. The van der Waals surface area contributed by atoms with Gasteiger partial charge in [-0.3, -0.25) is 9.59 Å². The van der Waals surface area contributed by atoms with Crippen LogP contribution in [0.2, 0.25) is 0 Å². The Kier molecular flexibility index (Phi) is 5.58. The number of ether oxygens (including phenoxy) is 1. The molecule has 156 valence electrons. The standard InChI is InChI=1S/C26H24N2O3/c1-4-27(20-11-6-5-7-12-20)24-23(19-14-16-21(31-3)17-15-19)25(29)28(26(24)30)22-13-9-8-10-18(22)2/h5-17H,4H2,1-3H3. The van der Waals surface area contributed by atoms with Crippen LogP contribution in [-0.2, 0) is 9.59 Å². The molecule has 0 saturated heterocycles. The molecule has 0 aliphatic carbocycles. The molecule has 1 aliphatic heterocycles. The van der Waals surface area contributed by atoms with E-state index in [-0.39, 0.29) is 11.8 Å². The zero-order valence-corrected chi connectivity index (χ0v) is 17.8. The maximum atomic E-state index is 13.7. The Balaban J connectivity index is 1.91. The van der Waals surface area contributed by atoms with Crippen LogP contribution in [0.15, 0.2) is 84.6 Å². The molecule has 4 rings (SSSR count). The summed E-state index contributed by atoms with van der Waals surface area (Å²) in [5, 5.41) is 0. The van der Waals surface area contributed by atoms with Crippen molar-refractivity contribution >= 4 is 28.8 Å². The van der Waals surface area contributed by atoms with Gasteiger partial charge >= 0.3 is 0 Å². The summed E-state index contributed by atoms with van der Waals surface area (Å²) in [6, 6.07) is 24.3. The summed E-state index contributed by atoms with van der Waals surface area (Å²) in [6.45, 7) is 4.41. The highest BCUT2D eigenvalue weighted by atomic mass is 16.5. The Bertz CT molecular complexity index is 1150. The molecular weight excluding hydrogens is 388 g/mol. The fourth-order valence-electron chi connectivity index (χ4n) is 3.90. The van der Waals surface area contributed by atoms with Crippen molar-refractivity contribution in [2.45, 2.75) is 13.8 Å². The predicted molar refractivity (Wildman–Crippen MR) is 123 cm³/mol. The van der Waals surface area contributed by atoms with Crippen LogP contribution in [0.4, 0.5) is 11.4 Å². The van der Waals surface area contributed by atoms with E-state index in [1.165, 1.54) is 4.90 Å². The van der Waals surface area contributed by atoms with Crippen LogP contribution >= 0.6 is 0 Å². The van der Waals surface area contributed by atoms with Gasteiger partial charge in [-0.05, 0) is 55.3 Å². The average Bonchev–Trinajstić information content (AvgIpc) is 3.05. The van der Waals surface area contributed by atoms with Crippen molar-refractivity contribution in [3.05, 3.63) is 95.7 Å². The number of methoxy groups -OCH3 is 1. The Morgan fingerprint density at radius 2 is 1.48 bits per heavy atom. The number of carbonyl (C=O) groups is 2. The van der Waals surface area contributed by atoms with Gasteiger partial charge in [0.25, 0.3) is 11.8 Å². The zero-order valence-electron chi connectivity index (χ0n) is 17.8. The van der Waals surface area contributed by atoms with Crippen molar-refractivity contribution in [2.75, 3.05) is 23.5 Å². The van der Waals surface area contributed by atoms with Gasteiger partial charge in [-0.25, -0.2) is 4.90 Å². The second-order valence-corrected chi connectivity index (χ2v) is 7.26. The summed E-state index contributed by atoms with van der Waals surface area (Å²) < 4.78 is 5.26. The largest absolute Gasteiger partial charge is 0.497 e. The lowest BCUT2D eigenvalue weighted by Crippen LogP contribution is -2.35. The summed E-state index contributed by atoms with van der Waals surface area (Å²) in [7, 11) is 1.60. The van der Waals surface area contributed by atoms with Gasteiger partial charge in [0.1, 0.15) is 11.4 Å². The Labute approximate surface area is 182 Å². The molecule has 1 aliphatic rings. The lowest BCUT2D eigenvalue weighted by molar-refractivity contribution is -0.120. The highest BCUT2D eigenvalue weighted by molar-refractivity contribution is 6.46. The Morgan fingerprint density at radius 1 is 0.839 bits per heavy atom. The first-order valence-electron chi connectivity index (χ1n) is 10.2. The van der Waals surface area contributed by atoms with Gasteiger partial charge in [0, 0.05) is 12.2 Å². The number of carbonyl (C=O) groups excluding carboxylic acids is 2. The van der Waals surface area contributed by atoms with Gasteiger partial charge in [-0.2, -0.15) is 0 Å². The first-order valence-corrected chi connectivity index (χ1v) is 10.2. The maximum absolute atomic E-state index is 13.7. The Hall–Kier alpha value is -3.86. The van der Waals surface area contributed by atoms with E-state index < -0.39 is 0 Å². The van der Waals surface area contributed by atoms with E-state index in [0.29, 0.717) is 34.8 Å². The molecule has 3 aromatic rings. The molecule has 0 atom stereocenters. The molecule has 2 amide bonds. The first kappa shape index (κ1) is 20.4. The van der Waals surface area contributed by atoms with Gasteiger partial charge < -0.3 is 9.64 Å². The lowest BCUT2D eigenvalue weighted by atomic mass is 10.0. The molecule has 31 heavy (non-hydrogen) atoms. The molecule has 0 fully saturated rings. The predicted octanol–water partition coefficient (Wildman–Crippen LogP) is 4.81. The number of anilines is 2. The van der Waals surface area contributed by atoms with Crippen molar-refractivity contribution in [2.24, 2.45) is 0 Å². The summed E-state index contributed by atoms with van der Waals surface area (Å²) in [5.74, 6) is 0.0403. The number of nitrogens with zero attached hydrogens (tertiary/aromatic N) is 2. The molecule has 0 unspecified atom stereocenters. The van der Waals surface area contributed by atoms with E-state index in [2.05, 4.69) is 0 Å². The minimum atomic E-state index is -0.325. The molecule has 5 heteroatoms. The molecule has 5 nitrogen and oxygen atoms in total. The third kappa shape index (κ3) is 3.59. The number of likely N-dealkylation sites (N-methyl/N-ethyl adjacent to an activating group) is 1.